The zero-order valence-electron chi connectivity index (χ0n) is 9.30. The first-order chi connectivity index (χ1) is 8.00. The SMILES string of the molecule is COC1=NS(=O)(=O)NC1=NCc1ccc(C)o1. The highest BCUT2D eigenvalue weighted by Gasteiger charge is 2.26. The van der Waals surface area contributed by atoms with Crippen molar-refractivity contribution in [3.05, 3.63) is 23.7 Å². The van der Waals surface area contributed by atoms with Gasteiger partial charge in [-0.3, -0.25) is 4.99 Å². The van der Waals surface area contributed by atoms with E-state index in [-0.39, 0.29) is 18.3 Å². The number of ether oxygens (including phenoxy) is 1. The number of aliphatic imine (C=N–C) groups is 1. The van der Waals surface area contributed by atoms with Crippen LogP contribution in [0.3, 0.4) is 0 Å². The Bertz CT molecular complexity index is 585. The van der Waals surface area contributed by atoms with E-state index >= 15 is 0 Å². The number of hydrogen-bond acceptors (Lipinski definition) is 5. The Morgan fingerprint density at radius 3 is 2.88 bits per heavy atom. The topological polar surface area (TPSA) is 93.3 Å². The molecule has 1 aromatic rings. The summed E-state index contributed by atoms with van der Waals surface area (Å²) in [5.41, 5.74) is 0. The molecule has 0 atom stereocenters. The molecule has 8 heteroatoms. The third-order valence-corrected chi connectivity index (χ3v) is 2.87. The molecule has 0 unspecified atom stereocenters. The van der Waals surface area contributed by atoms with Gasteiger partial charge in [-0.25, -0.2) is 4.72 Å². The number of nitrogens with zero attached hydrogens (tertiary/aromatic N) is 2. The number of hydrogen-bond donors (Lipinski definition) is 1. The van der Waals surface area contributed by atoms with Crippen LogP contribution in [0.25, 0.3) is 0 Å². The summed E-state index contributed by atoms with van der Waals surface area (Å²) in [5, 5.41) is 0. The van der Waals surface area contributed by atoms with Gasteiger partial charge in [-0.1, -0.05) is 0 Å². The minimum atomic E-state index is -3.70. The van der Waals surface area contributed by atoms with Gasteiger partial charge in [0.25, 0.3) is 5.90 Å². The quantitative estimate of drug-likeness (QED) is 0.828. The average Bonchev–Trinajstić information content (AvgIpc) is 2.79. The molecule has 0 fully saturated rings. The smallest absolute Gasteiger partial charge is 0.347 e. The molecule has 17 heavy (non-hydrogen) atoms. The first-order valence-corrected chi connectivity index (χ1v) is 6.21. The lowest BCUT2D eigenvalue weighted by atomic mass is 10.4. The normalized spacial score (nSPS) is 20.1. The summed E-state index contributed by atoms with van der Waals surface area (Å²) >= 11 is 0. The Hall–Kier alpha value is -1.83. The summed E-state index contributed by atoms with van der Waals surface area (Å²) in [6.07, 6.45) is 0. The van der Waals surface area contributed by atoms with Crippen molar-refractivity contribution in [1.82, 2.24) is 4.72 Å². The monoisotopic (exact) mass is 257 g/mol. The van der Waals surface area contributed by atoms with E-state index in [0.29, 0.717) is 5.76 Å². The van der Waals surface area contributed by atoms with E-state index in [1.54, 1.807) is 12.1 Å². The van der Waals surface area contributed by atoms with Gasteiger partial charge in [0.15, 0.2) is 0 Å². The van der Waals surface area contributed by atoms with Gasteiger partial charge < -0.3 is 9.15 Å². The Balaban J connectivity index is 2.16. The van der Waals surface area contributed by atoms with Crippen LogP contribution < -0.4 is 4.72 Å². The Labute approximate surface area is 98.4 Å². The van der Waals surface area contributed by atoms with Crippen molar-refractivity contribution in [2.45, 2.75) is 13.5 Å². The third-order valence-electron chi connectivity index (χ3n) is 2.01. The van der Waals surface area contributed by atoms with E-state index < -0.39 is 10.2 Å². The summed E-state index contributed by atoms with van der Waals surface area (Å²) in [6.45, 7) is 2.03. The molecule has 0 radical (unpaired) electrons. The molecule has 1 aliphatic rings. The van der Waals surface area contributed by atoms with Crippen LogP contribution in [-0.4, -0.2) is 27.3 Å². The molecule has 0 aromatic carbocycles. The van der Waals surface area contributed by atoms with Crippen molar-refractivity contribution in [2.75, 3.05) is 7.11 Å². The Kier molecular flexibility index (Phi) is 2.88. The fourth-order valence-electron chi connectivity index (χ4n) is 1.30. The fourth-order valence-corrected chi connectivity index (χ4v) is 2.12. The van der Waals surface area contributed by atoms with Crippen LogP contribution in [0, 0.1) is 6.92 Å². The van der Waals surface area contributed by atoms with E-state index in [1.165, 1.54) is 7.11 Å². The summed E-state index contributed by atoms with van der Waals surface area (Å²) in [7, 11) is -2.38. The van der Waals surface area contributed by atoms with Gasteiger partial charge in [0, 0.05) is 0 Å². The van der Waals surface area contributed by atoms with Gasteiger partial charge in [0.1, 0.15) is 11.5 Å². The largest absolute Gasteiger partial charge is 0.478 e. The lowest BCUT2D eigenvalue weighted by molar-refractivity contribution is 0.412. The molecule has 0 amide bonds. The standard InChI is InChI=1S/C9H11N3O4S/c1-6-3-4-7(16-6)5-10-8-9(15-2)12-17(13,14)11-8/h3-4H,5H2,1-2H3,(H,10,11). The first-order valence-electron chi connectivity index (χ1n) is 4.77. The van der Waals surface area contributed by atoms with Crippen LogP contribution in [0.2, 0.25) is 0 Å². The lowest BCUT2D eigenvalue weighted by Crippen LogP contribution is -2.27. The molecule has 92 valence electrons. The molecule has 1 N–H and O–H groups in total. The van der Waals surface area contributed by atoms with Gasteiger partial charge in [-0.15, -0.1) is 4.40 Å². The molecule has 0 saturated carbocycles. The second-order valence-electron chi connectivity index (χ2n) is 3.35. The minimum Gasteiger partial charge on any atom is -0.478 e. The second kappa shape index (κ2) is 4.21. The molecule has 0 spiro atoms. The third kappa shape index (κ3) is 2.64. The summed E-state index contributed by atoms with van der Waals surface area (Å²) in [4.78, 5) is 4.03. The fraction of sp³-hybridized carbons (Fsp3) is 0.333. The van der Waals surface area contributed by atoms with E-state index in [0.717, 1.165) is 5.76 Å². The highest BCUT2D eigenvalue weighted by atomic mass is 32.2. The molecule has 7 nitrogen and oxygen atoms in total. The number of methoxy groups -OCH3 is 1. The maximum absolute atomic E-state index is 11.1. The van der Waals surface area contributed by atoms with E-state index in [1.807, 2.05) is 6.92 Å². The minimum absolute atomic E-state index is 0.0479. The van der Waals surface area contributed by atoms with Crippen LogP contribution in [0.4, 0.5) is 0 Å². The molecule has 2 heterocycles. The number of rotatable bonds is 2. The van der Waals surface area contributed by atoms with Crippen LogP contribution in [-0.2, 0) is 21.5 Å². The molecule has 0 bridgehead atoms. The van der Waals surface area contributed by atoms with E-state index in [2.05, 4.69) is 14.1 Å². The van der Waals surface area contributed by atoms with Crippen LogP contribution in [0.15, 0.2) is 25.9 Å². The number of furan rings is 1. The van der Waals surface area contributed by atoms with Crippen molar-refractivity contribution in [1.29, 1.82) is 0 Å². The molecule has 1 aliphatic heterocycles. The van der Waals surface area contributed by atoms with Crippen molar-refractivity contribution >= 4 is 21.9 Å². The first kappa shape index (κ1) is 11.6. The van der Waals surface area contributed by atoms with Crippen molar-refractivity contribution in [2.24, 2.45) is 9.39 Å². The van der Waals surface area contributed by atoms with Crippen molar-refractivity contribution < 1.29 is 17.6 Å². The molecule has 1 aromatic heterocycles. The average molecular weight is 257 g/mol. The highest BCUT2D eigenvalue weighted by molar-refractivity contribution is 7.89. The number of amidine groups is 1. The zero-order valence-corrected chi connectivity index (χ0v) is 10.1. The zero-order chi connectivity index (χ0) is 12.5. The van der Waals surface area contributed by atoms with Gasteiger partial charge in [0.05, 0.1) is 13.7 Å². The summed E-state index contributed by atoms with van der Waals surface area (Å²) in [6, 6.07) is 3.58. The molecule has 2 rings (SSSR count). The maximum atomic E-state index is 11.1. The van der Waals surface area contributed by atoms with Crippen LogP contribution in [0.5, 0.6) is 0 Å². The van der Waals surface area contributed by atoms with Gasteiger partial charge in [0.2, 0.25) is 5.84 Å². The van der Waals surface area contributed by atoms with Crippen LogP contribution >= 0.6 is 0 Å². The maximum Gasteiger partial charge on any atom is 0.347 e. The number of aryl methyl sites for hydroxylation is 1. The molecule has 0 aliphatic carbocycles. The van der Waals surface area contributed by atoms with Gasteiger partial charge in [-0.2, -0.15) is 8.42 Å². The van der Waals surface area contributed by atoms with Crippen LogP contribution in [0.1, 0.15) is 11.5 Å². The Morgan fingerprint density at radius 2 is 2.29 bits per heavy atom. The predicted octanol–water partition coefficient (Wildman–Crippen LogP) is 0.379. The van der Waals surface area contributed by atoms with Gasteiger partial charge in [-0.05, 0) is 19.1 Å². The van der Waals surface area contributed by atoms with E-state index in [4.69, 9.17) is 9.15 Å². The van der Waals surface area contributed by atoms with Crippen molar-refractivity contribution in [3.8, 4) is 0 Å². The summed E-state index contributed by atoms with van der Waals surface area (Å²) < 4.78 is 37.9. The predicted molar refractivity (Wildman–Crippen MR) is 61.1 cm³/mol. The lowest BCUT2D eigenvalue weighted by Gasteiger charge is -1.98. The molecule has 0 saturated heterocycles. The van der Waals surface area contributed by atoms with Crippen molar-refractivity contribution in [3.63, 3.8) is 0 Å². The second-order valence-corrected chi connectivity index (χ2v) is 4.69. The number of nitrogens with one attached hydrogen (secondary N) is 1. The van der Waals surface area contributed by atoms with E-state index in [9.17, 15) is 8.42 Å². The van der Waals surface area contributed by atoms with Gasteiger partial charge >= 0.3 is 10.2 Å². The Morgan fingerprint density at radius 1 is 1.53 bits per heavy atom. The summed E-state index contributed by atoms with van der Waals surface area (Å²) in [5.74, 6) is 1.44. The highest BCUT2D eigenvalue weighted by Crippen LogP contribution is 2.09. The molecular weight excluding hydrogens is 246 g/mol. The molecular formula is C9H11N3O4S.